The van der Waals surface area contributed by atoms with E-state index in [4.69, 9.17) is 10.5 Å². The Morgan fingerprint density at radius 3 is 2.19 bits per heavy atom. The second-order valence-corrected chi connectivity index (χ2v) is 5.71. The predicted octanol–water partition coefficient (Wildman–Crippen LogP) is 4.12. The van der Waals surface area contributed by atoms with Crippen molar-refractivity contribution in [3.8, 4) is 5.75 Å². The molecule has 0 radical (unpaired) electrons. The van der Waals surface area contributed by atoms with E-state index in [-0.39, 0.29) is 0 Å². The van der Waals surface area contributed by atoms with Gasteiger partial charge in [0.1, 0.15) is 5.75 Å². The normalized spacial score (nSPS) is 12.2. The first-order valence-electron chi connectivity index (χ1n) is 7.57. The van der Waals surface area contributed by atoms with Crippen LogP contribution in [-0.4, -0.2) is 13.2 Å². The Hall–Kier alpha value is -1.80. The topological polar surface area (TPSA) is 35.2 Å². The van der Waals surface area contributed by atoms with Crippen LogP contribution in [0.2, 0.25) is 0 Å². The number of rotatable bonds is 6. The number of hydrogen-bond acceptors (Lipinski definition) is 2. The minimum Gasteiger partial charge on any atom is -0.493 e. The van der Waals surface area contributed by atoms with Crippen molar-refractivity contribution in [2.45, 2.75) is 33.1 Å². The molecule has 1 atom stereocenters. The number of benzene rings is 2. The summed E-state index contributed by atoms with van der Waals surface area (Å²) in [5, 5.41) is 0. The Morgan fingerprint density at radius 2 is 1.62 bits per heavy atom. The zero-order valence-corrected chi connectivity index (χ0v) is 13.2. The van der Waals surface area contributed by atoms with Gasteiger partial charge in [-0.15, -0.1) is 0 Å². The van der Waals surface area contributed by atoms with Crippen LogP contribution in [0.3, 0.4) is 0 Å². The van der Waals surface area contributed by atoms with Crippen LogP contribution >= 0.6 is 0 Å². The van der Waals surface area contributed by atoms with E-state index in [2.05, 4.69) is 57.2 Å². The first-order chi connectivity index (χ1) is 10.1. The summed E-state index contributed by atoms with van der Waals surface area (Å²) in [6, 6.07) is 14.8. The highest BCUT2D eigenvalue weighted by atomic mass is 16.5. The predicted molar refractivity (Wildman–Crippen MR) is 89.0 cm³/mol. The van der Waals surface area contributed by atoms with Gasteiger partial charge in [-0.3, -0.25) is 0 Å². The van der Waals surface area contributed by atoms with Crippen LogP contribution in [-0.2, 0) is 0 Å². The molecule has 0 aliphatic rings. The Balaban J connectivity index is 1.98. The van der Waals surface area contributed by atoms with Gasteiger partial charge in [-0.1, -0.05) is 48.0 Å². The van der Waals surface area contributed by atoms with Crippen molar-refractivity contribution in [3.63, 3.8) is 0 Å². The molecule has 0 saturated heterocycles. The smallest absolute Gasteiger partial charge is 0.125 e. The highest BCUT2D eigenvalue weighted by molar-refractivity contribution is 5.42. The molecule has 0 bridgehead atoms. The molecule has 2 aromatic carbocycles. The fourth-order valence-electron chi connectivity index (χ4n) is 2.84. The van der Waals surface area contributed by atoms with Gasteiger partial charge >= 0.3 is 0 Å². The monoisotopic (exact) mass is 283 g/mol. The largest absolute Gasteiger partial charge is 0.493 e. The molecule has 0 aliphatic heterocycles. The van der Waals surface area contributed by atoms with Crippen LogP contribution in [0.25, 0.3) is 0 Å². The number of hydrogen-bond donors (Lipinski definition) is 1. The molecule has 2 heteroatoms. The van der Waals surface area contributed by atoms with E-state index in [1.165, 1.54) is 22.3 Å². The van der Waals surface area contributed by atoms with Crippen molar-refractivity contribution in [1.29, 1.82) is 0 Å². The molecule has 21 heavy (non-hydrogen) atoms. The maximum absolute atomic E-state index is 6.02. The first-order valence-corrected chi connectivity index (χ1v) is 7.57. The standard InChI is InChI=1S/C19H25NO/c1-14-11-15(2)19(16(3)12-14)21-10-9-18(13-20)17-7-5-4-6-8-17/h4-8,11-12,18H,9-10,13,20H2,1-3H3. The van der Waals surface area contributed by atoms with Gasteiger partial charge in [0.05, 0.1) is 6.61 Å². The summed E-state index contributed by atoms with van der Waals surface area (Å²) in [4.78, 5) is 0. The zero-order chi connectivity index (χ0) is 15.2. The van der Waals surface area contributed by atoms with E-state index in [1.54, 1.807) is 0 Å². The van der Waals surface area contributed by atoms with Gasteiger partial charge < -0.3 is 10.5 Å². The third-order valence-corrected chi connectivity index (χ3v) is 3.87. The molecule has 2 nitrogen and oxygen atoms in total. The van der Waals surface area contributed by atoms with Gasteiger partial charge in [0, 0.05) is 0 Å². The molecule has 2 rings (SSSR count). The van der Waals surface area contributed by atoms with Gasteiger partial charge in [-0.2, -0.15) is 0 Å². The minimum absolute atomic E-state index is 0.359. The van der Waals surface area contributed by atoms with Crippen molar-refractivity contribution >= 4 is 0 Å². The average Bonchev–Trinajstić information content (AvgIpc) is 2.46. The lowest BCUT2D eigenvalue weighted by Gasteiger charge is -2.17. The summed E-state index contributed by atoms with van der Waals surface area (Å²) in [7, 11) is 0. The molecule has 2 aromatic rings. The van der Waals surface area contributed by atoms with Gasteiger partial charge in [-0.25, -0.2) is 0 Å². The van der Waals surface area contributed by atoms with Crippen molar-refractivity contribution in [1.82, 2.24) is 0 Å². The van der Waals surface area contributed by atoms with Crippen molar-refractivity contribution < 1.29 is 4.74 Å². The summed E-state index contributed by atoms with van der Waals surface area (Å²) in [6.07, 6.45) is 0.938. The van der Waals surface area contributed by atoms with Gasteiger partial charge in [0.15, 0.2) is 0 Å². The number of aryl methyl sites for hydroxylation is 3. The summed E-state index contributed by atoms with van der Waals surface area (Å²) in [5.41, 5.74) is 10.9. The Kier molecular flexibility index (Phi) is 5.40. The third-order valence-electron chi connectivity index (χ3n) is 3.87. The van der Waals surface area contributed by atoms with Crippen LogP contribution in [0.1, 0.15) is 34.6 Å². The van der Waals surface area contributed by atoms with Crippen molar-refractivity contribution in [2.75, 3.05) is 13.2 Å². The van der Waals surface area contributed by atoms with Crippen LogP contribution < -0.4 is 10.5 Å². The fraction of sp³-hybridized carbons (Fsp3) is 0.368. The van der Waals surface area contributed by atoms with Gasteiger partial charge in [-0.05, 0) is 56.3 Å². The highest BCUT2D eigenvalue weighted by Crippen LogP contribution is 2.26. The van der Waals surface area contributed by atoms with E-state index < -0.39 is 0 Å². The highest BCUT2D eigenvalue weighted by Gasteiger charge is 2.11. The molecule has 1 unspecified atom stereocenters. The van der Waals surface area contributed by atoms with E-state index in [0.29, 0.717) is 19.1 Å². The molecule has 2 N–H and O–H groups in total. The van der Waals surface area contributed by atoms with Crippen LogP contribution in [0, 0.1) is 20.8 Å². The second kappa shape index (κ2) is 7.28. The van der Waals surface area contributed by atoms with E-state index in [0.717, 1.165) is 12.2 Å². The maximum Gasteiger partial charge on any atom is 0.125 e. The Labute approximate surface area is 127 Å². The molecule has 0 amide bonds. The lowest BCUT2D eigenvalue weighted by Crippen LogP contribution is -2.16. The molecule has 0 saturated carbocycles. The van der Waals surface area contributed by atoms with Crippen LogP contribution in [0.15, 0.2) is 42.5 Å². The first kappa shape index (κ1) is 15.6. The summed E-state index contributed by atoms with van der Waals surface area (Å²) < 4.78 is 6.02. The average molecular weight is 283 g/mol. The SMILES string of the molecule is Cc1cc(C)c(OCCC(CN)c2ccccc2)c(C)c1. The summed E-state index contributed by atoms with van der Waals surface area (Å²) in [6.45, 7) is 7.67. The Morgan fingerprint density at radius 1 is 1.00 bits per heavy atom. The van der Waals surface area contributed by atoms with Crippen LogP contribution in [0.5, 0.6) is 5.75 Å². The molecule has 0 spiro atoms. The quantitative estimate of drug-likeness (QED) is 0.865. The molecule has 0 aromatic heterocycles. The fourth-order valence-corrected chi connectivity index (χ4v) is 2.84. The van der Waals surface area contributed by atoms with Gasteiger partial charge in [0.25, 0.3) is 0 Å². The summed E-state index contributed by atoms with van der Waals surface area (Å²) in [5.74, 6) is 1.38. The molecular formula is C19H25NO. The van der Waals surface area contributed by atoms with Crippen LogP contribution in [0.4, 0.5) is 0 Å². The molecule has 0 fully saturated rings. The van der Waals surface area contributed by atoms with Crippen molar-refractivity contribution in [2.24, 2.45) is 5.73 Å². The molecule has 112 valence electrons. The summed E-state index contributed by atoms with van der Waals surface area (Å²) >= 11 is 0. The van der Waals surface area contributed by atoms with E-state index in [9.17, 15) is 0 Å². The minimum atomic E-state index is 0.359. The maximum atomic E-state index is 6.02. The third kappa shape index (κ3) is 4.08. The van der Waals surface area contributed by atoms with E-state index in [1.807, 2.05) is 6.07 Å². The lowest BCUT2D eigenvalue weighted by atomic mass is 9.96. The second-order valence-electron chi connectivity index (χ2n) is 5.71. The molecule has 0 heterocycles. The number of nitrogens with two attached hydrogens (primary N) is 1. The Bertz CT molecular complexity index is 554. The van der Waals surface area contributed by atoms with Gasteiger partial charge in [0.2, 0.25) is 0 Å². The molecular weight excluding hydrogens is 258 g/mol. The number of ether oxygens (including phenoxy) is 1. The molecule has 0 aliphatic carbocycles. The van der Waals surface area contributed by atoms with E-state index >= 15 is 0 Å². The zero-order valence-electron chi connectivity index (χ0n) is 13.2. The lowest BCUT2D eigenvalue weighted by molar-refractivity contribution is 0.294. The van der Waals surface area contributed by atoms with Crippen molar-refractivity contribution in [3.05, 3.63) is 64.7 Å².